The molecule has 2 rings (SSSR count). The van der Waals surface area contributed by atoms with Crippen LogP contribution in [0.5, 0.6) is 0 Å². The van der Waals surface area contributed by atoms with Crippen molar-refractivity contribution in [2.75, 3.05) is 20.3 Å². The van der Waals surface area contributed by atoms with Gasteiger partial charge in [0.25, 0.3) is 0 Å². The highest BCUT2D eigenvalue weighted by molar-refractivity contribution is 9.10. The predicted octanol–water partition coefficient (Wildman–Crippen LogP) is 3.73. The zero-order valence-electron chi connectivity index (χ0n) is 11.3. The second-order valence-corrected chi connectivity index (χ2v) is 6.05. The van der Waals surface area contributed by atoms with Gasteiger partial charge in [-0.15, -0.1) is 0 Å². The quantitative estimate of drug-likeness (QED) is 0.769. The molecule has 0 fully saturated rings. The Bertz CT molecular complexity index is 551. The Morgan fingerprint density at radius 2 is 2.10 bits per heavy atom. The average Bonchev–Trinajstić information content (AvgIpc) is 2.47. The maximum atomic E-state index is 5.04. The number of aromatic nitrogens is 1. The standard InChI is InChI=1S/C15H17BrN2OS/c1-19-10-9-17-11-12-5-2-3-7-14(12)20-15-13(16)6-4-8-18-15/h2-8,17H,9-11H2,1H3. The van der Waals surface area contributed by atoms with Gasteiger partial charge in [0.15, 0.2) is 0 Å². The molecule has 1 heterocycles. The van der Waals surface area contributed by atoms with Gasteiger partial charge in [0, 0.05) is 31.3 Å². The minimum Gasteiger partial charge on any atom is -0.383 e. The van der Waals surface area contributed by atoms with Crippen LogP contribution in [0, 0.1) is 0 Å². The molecule has 106 valence electrons. The number of hydrogen-bond donors (Lipinski definition) is 1. The van der Waals surface area contributed by atoms with E-state index in [-0.39, 0.29) is 0 Å². The summed E-state index contributed by atoms with van der Waals surface area (Å²) in [5.74, 6) is 0. The topological polar surface area (TPSA) is 34.1 Å². The number of methoxy groups -OCH3 is 1. The van der Waals surface area contributed by atoms with Gasteiger partial charge in [-0.1, -0.05) is 30.0 Å². The molecule has 3 nitrogen and oxygen atoms in total. The second-order valence-electron chi connectivity index (χ2n) is 4.17. The first-order chi connectivity index (χ1) is 9.81. The van der Waals surface area contributed by atoms with Crippen LogP contribution < -0.4 is 5.32 Å². The van der Waals surface area contributed by atoms with E-state index in [1.807, 2.05) is 18.3 Å². The molecule has 0 aliphatic rings. The summed E-state index contributed by atoms with van der Waals surface area (Å²) < 4.78 is 6.06. The summed E-state index contributed by atoms with van der Waals surface area (Å²) in [4.78, 5) is 5.62. The van der Waals surface area contributed by atoms with Crippen LogP contribution in [0.1, 0.15) is 5.56 Å². The zero-order valence-corrected chi connectivity index (χ0v) is 13.7. The molecule has 1 aromatic carbocycles. The lowest BCUT2D eigenvalue weighted by Gasteiger charge is -2.10. The third kappa shape index (κ3) is 4.59. The minimum absolute atomic E-state index is 0.723. The van der Waals surface area contributed by atoms with Crippen LogP contribution in [0.3, 0.4) is 0 Å². The minimum atomic E-state index is 0.723. The van der Waals surface area contributed by atoms with Crippen LogP contribution in [0.4, 0.5) is 0 Å². The normalized spacial score (nSPS) is 10.7. The summed E-state index contributed by atoms with van der Waals surface area (Å²) in [6.07, 6.45) is 1.81. The fourth-order valence-electron chi connectivity index (χ4n) is 1.70. The first kappa shape index (κ1) is 15.5. The lowest BCUT2D eigenvalue weighted by atomic mass is 10.2. The van der Waals surface area contributed by atoms with Crippen molar-refractivity contribution in [3.8, 4) is 0 Å². The summed E-state index contributed by atoms with van der Waals surface area (Å²) in [5.41, 5.74) is 1.27. The van der Waals surface area contributed by atoms with E-state index in [1.54, 1.807) is 18.9 Å². The number of rotatable bonds is 7. The van der Waals surface area contributed by atoms with Gasteiger partial charge in [-0.25, -0.2) is 4.98 Å². The zero-order chi connectivity index (χ0) is 14.2. The number of hydrogen-bond acceptors (Lipinski definition) is 4. The SMILES string of the molecule is COCCNCc1ccccc1Sc1ncccc1Br. The average molecular weight is 353 g/mol. The van der Waals surface area contributed by atoms with E-state index in [9.17, 15) is 0 Å². The van der Waals surface area contributed by atoms with Crippen LogP contribution in [0.2, 0.25) is 0 Å². The van der Waals surface area contributed by atoms with Crippen molar-refractivity contribution in [1.29, 1.82) is 0 Å². The van der Waals surface area contributed by atoms with E-state index < -0.39 is 0 Å². The summed E-state index contributed by atoms with van der Waals surface area (Å²) in [6.45, 7) is 2.40. The molecule has 0 aliphatic carbocycles. The van der Waals surface area contributed by atoms with Crippen molar-refractivity contribution in [3.63, 3.8) is 0 Å². The monoisotopic (exact) mass is 352 g/mol. The highest BCUT2D eigenvalue weighted by Gasteiger charge is 2.07. The Kier molecular flexibility index (Phi) is 6.53. The fourth-order valence-corrected chi connectivity index (χ4v) is 3.10. The van der Waals surface area contributed by atoms with Gasteiger partial charge in [0.2, 0.25) is 0 Å². The van der Waals surface area contributed by atoms with Crippen molar-refractivity contribution < 1.29 is 4.74 Å². The van der Waals surface area contributed by atoms with Crippen molar-refractivity contribution in [2.45, 2.75) is 16.5 Å². The third-order valence-corrected chi connectivity index (χ3v) is 4.74. The number of ether oxygens (including phenoxy) is 1. The number of halogens is 1. The second kappa shape index (κ2) is 8.42. The smallest absolute Gasteiger partial charge is 0.115 e. The van der Waals surface area contributed by atoms with Gasteiger partial charge >= 0.3 is 0 Å². The summed E-state index contributed by atoms with van der Waals surface area (Å²) in [7, 11) is 1.71. The highest BCUT2D eigenvalue weighted by Crippen LogP contribution is 2.33. The first-order valence-corrected chi connectivity index (χ1v) is 7.98. The Morgan fingerprint density at radius 3 is 2.90 bits per heavy atom. The first-order valence-electron chi connectivity index (χ1n) is 6.37. The molecule has 1 aromatic heterocycles. The van der Waals surface area contributed by atoms with E-state index in [4.69, 9.17) is 4.74 Å². The fraction of sp³-hybridized carbons (Fsp3) is 0.267. The van der Waals surface area contributed by atoms with Crippen molar-refractivity contribution in [3.05, 3.63) is 52.6 Å². The molecule has 0 saturated carbocycles. The molecule has 0 aliphatic heterocycles. The van der Waals surface area contributed by atoms with Crippen molar-refractivity contribution >= 4 is 27.7 Å². The number of nitrogens with zero attached hydrogens (tertiary/aromatic N) is 1. The molecule has 5 heteroatoms. The van der Waals surface area contributed by atoms with E-state index >= 15 is 0 Å². The molecular weight excluding hydrogens is 336 g/mol. The molecule has 0 radical (unpaired) electrons. The molecule has 0 saturated heterocycles. The van der Waals surface area contributed by atoms with E-state index in [2.05, 4.69) is 50.5 Å². The third-order valence-electron chi connectivity index (χ3n) is 2.70. The highest BCUT2D eigenvalue weighted by atomic mass is 79.9. The Labute approximate surface area is 132 Å². The molecule has 20 heavy (non-hydrogen) atoms. The van der Waals surface area contributed by atoms with Gasteiger partial charge in [-0.05, 0) is 39.7 Å². The molecule has 0 bridgehead atoms. The Morgan fingerprint density at radius 1 is 1.25 bits per heavy atom. The summed E-state index contributed by atoms with van der Waals surface area (Å²) >= 11 is 5.21. The predicted molar refractivity (Wildman–Crippen MR) is 86.1 cm³/mol. The molecule has 0 atom stereocenters. The van der Waals surface area contributed by atoms with E-state index in [0.29, 0.717) is 0 Å². The van der Waals surface area contributed by atoms with Crippen LogP contribution in [-0.4, -0.2) is 25.2 Å². The van der Waals surface area contributed by atoms with Gasteiger partial charge in [0.1, 0.15) is 5.03 Å². The van der Waals surface area contributed by atoms with Crippen LogP contribution in [0.15, 0.2) is 57.0 Å². The van der Waals surface area contributed by atoms with E-state index in [0.717, 1.165) is 29.2 Å². The molecule has 1 N–H and O–H groups in total. The van der Waals surface area contributed by atoms with Gasteiger partial charge in [0.05, 0.1) is 11.1 Å². The maximum absolute atomic E-state index is 5.04. The van der Waals surface area contributed by atoms with Gasteiger partial charge in [-0.3, -0.25) is 0 Å². The molecule has 0 amide bonds. The van der Waals surface area contributed by atoms with Crippen LogP contribution >= 0.6 is 27.7 Å². The maximum Gasteiger partial charge on any atom is 0.115 e. The summed E-state index contributed by atoms with van der Waals surface area (Å²) in [6, 6.07) is 12.3. The number of nitrogens with one attached hydrogen (secondary N) is 1. The number of pyridine rings is 1. The van der Waals surface area contributed by atoms with Gasteiger partial charge in [-0.2, -0.15) is 0 Å². The van der Waals surface area contributed by atoms with Gasteiger partial charge < -0.3 is 10.1 Å². The molecule has 0 spiro atoms. The van der Waals surface area contributed by atoms with E-state index in [1.165, 1.54) is 10.5 Å². The molecule has 2 aromatic rings. The lowest BCUT2D eigenvalue weighted by molar-refractivity contribution is 0.199. The van der Waals surface area contributed by atoms with Crippen LogP contribution in [-0.2, 0) is 11.3 Å². The molecular formula is C15H17BrN2OS. The Hall–Kier alpha value is -0.880. The van der Waals surface area contributed by atoms with Crippen LogP contribution in [0.25, 0.3) is 0 Å². The lowest BCUT2D eigenvalue weighted by Crippen LogP contribution is -2.18. The Balaban J connectivity index is 2.06. The summed E-state index contributed by atoms with van der Waals surface area (Å²) in [5, 5.41) is 4.36. The largest absolute Gasteiger partial charge is 0.383 e. The van der Waals surface area contributed by atoms with Crippen molar-refractivity contribution in [2.24, 2.45) is 0 Å². The number of benzene rings is 1. The van der Waals surface area contributed by atoms with Crippen molar-refractivity contribution in [1.82, 2.24) is 10.3 Å². The molecule has 0 unspecified atom stereocenters.